The third-order valence-electron chi connectivity index (χ3n) is 3.21. The predicted molar refractivity (Wildman–Crippen MR) is 79.8 cm³/mol. The molecule has 1 nitrogen and oxygen atoms in total. The molecule has 0 aromatic carbocycles. The molecule has 0 aromatic rings. The van der Waals surface area contributed by atoms with Crippen molar-refractivity contribution in [1.29, 1.82) is 0 Å². The topological polar surface area (TPSA) is 17.1 Å². The minimum atomic E-state index is 0.128. The number of carbonyl (C=O) groups is 1. The molecule has 0 saturated carbocycles. The summed E-state index contributed by atoms with van der Waals surface area (Å²) in [5.41, 5.74) is 0. The normalized spacial score (nSPS) is 13.7. The van der Waals surface area contributed by atoms with E-state index in [4.69, 9.17) is 0 Å². The van der Waals surface area contributed by atoms with Gasteiger partial charge in [0.05, 0.1) is 0 Å². The molecule has 0 saturated heterocycles. The van der Waals surface area contributed by atoms with Crippen LogP contribution in [0, 0.1) is 5.92 Å². The van der Waals surface area contributed by atoms with E-state index in [1.54, 1.807) is 6.92 Å². The van der Waals surface area contributed by atoms with Gasteiger partial charge in [-0.15, -0.1) is 0 Å². The van der Waals surface area contributed by atoms with Crippen LogP contribution in [0.3, 0.4) is 0 Å². The molecule has 0 aromatic heterocycles. The summed E-state index contributed by atoms with van der Waals surface area (Å²) in [4.78, 5) is 11.1. The summed E-state index contributed by atoms with van der Waals surface area (Å²) in [6.45, 7) is 10.7. The molecule has 0 N–H and O–H groups in total. The van der Waals surface area contributed by atoms with Crippen molar-refractivity contribution in [1.82, 2.24) is 0 Å². The zero-order valence-electron chi connectivity index (χ0n) is 12.3. The molecule has 0 radical (unpaired) electrons. The Hall–Kier alpha value is 0.0200. The molecule has 0 aliphatic heterocycles. The largest absolute Gasteiger partial charge is 0.300 e. The fourth-order valence-corrected chi connectivity index (χ4v) is 3.18. The minimum Gasteiger partial charge on any atom is -0.300 e. The summed E-state index contributed by atoms with van der Waals surface area (Å²) >= 11 is 1.95. The van der Waals surface area contributed by atoms with Crippen molar-refractivity contribution in [2.75, 3.05) is 5.75 Å². The van der Waals surface area contributed by atoms with E-state index in [2.05, 4.69) is 27.7 Å². The van der Waals surface area contributed by atoms with E-state index in [0.29, 0.717) is 12.2 Å². The summed E-state index contributed by atoms with van der Waals surface area (Å²) in [5, 5.41) is 0. The van der Waals surface area contributed by atoms with Crippen molar-refractivity contribution in [3.63, 3.8) is 0 Å². The van der Waals surface area contributed by atoms with Crippen LogP contribution >= 0.6 is 11.8 Å². The van der Waals surface area contributed by atoms with Gasteiger partial charge in [0.15, 0.2) is 0 Å². The van der Waals surface area contributed by atoms with Crippen molar-refractivity contribution in [2.24, 2.45) is 5.92 Å². The SMILES string of the molecule is CCC(C)CCCCCSC(C)(C)CC(C)=O. The first-order valence-electron chi connectivity index (χ1n) is 7.00. The highest BCUT2D eigenvalue weighted by Crippen LogP contribution is 2.29. The lowest BCUT2D eigenvalue weighted by molar-refractivity contribution is -0.117. The molecular weight excluding hydrogens is 228 g/mol. The van der Waals surface area contributed by atoms with E-state index in [1.807, 2.05) is 11.8 Å². The Balaban J connectivity index is 3.47. The molecule has 0 amide bonds. The molecule has 0 heterocycles. The Morgan fingerprint density at radius 1 is 1.24 bits per heavy atom. The smallest absolute Gasteiger partial charge is 0.131 e. The number of hydrogen-bond donors (Lipinski definition) is 0. The fourth-order valence-electron chi connectivity index (χ4n) is 1.97. The maximum absolute atomic E-state index is 11.1. The van der Waals surface area contributed by atoms with Crippen LogP contribution in [0.15, 0.2) is 0 Å². The highest BCUT2D eigenvalue weighted by atomic mass is 32.2. The Labute approximate surface area is 112 Å². The van der Waals surface area contributed by atoms with Crippen LogP contribution in [0.2, 0.25) is 0 Å². The van der Waals surface area contributed by atoms with Crippen LogP contribution < -0.4 is 0 Å². The molecule has 1 unspecified atom stereocenters. The molecule has 0 aliphatic rings. The number of carbonyl (C=O) groups excluding carboxylic acids is 1. The first-order chi connectivity index (χ1) is 7.87. The van der Waals surface area contributed by atoms with Crippen LogP contribution in [0.5, 0.6) is 0 Å². The highest BCUT2D eigenvalue weighted by molar-refractivity contribution is 8.00. The van der Waals surface area contributed by atoms with Gasteiger partial charge in [-0.2, -0.15) is 11.8 Å². The van der Waals surface area contributed by atoms with Crippen molar-refractivity contribution in [2.45, 2.75) is 77.9 Å². The minimum absolute atomic E-state index is 0.128. The molecule has 0 aliphatic carbocycles. The molecule has 1 atom stereocenters. The Morgan fingerprint density at radius 3 is 2.41 bits per heavy atom. The van der Waals surface area contributed by atoms with Crippen molar-refractivity contribution in [3.8, 4) is 0 Å². The second kappa shape index (κ2) is 9.02. The monoisotopic (exact) mass is 258 g/mol. The van der Waals surface area contributed by atoms with Gasteiger partial charge in [-0.25, -0.2) is 0 Å². The fraction of sp³-hybridized carbons (Fsp3) is 0.933. The molecular formula is C15H30OS. The first-order valence-corrected chi connectivity index (χ1v) is 7.99. The average molecular weight is 258 g/mol. The van der Waals surface area contributed by atoms with Crippen molar-refractivity contribution >= 4 is 17.5 Å². The number of hydrogen-bond acceptors (Lipinski definition) is 2. The van der Waals surface area contributed by atoms with E-state index in [9.17, 15) is 4.79 Å². The van der Waals surface area contributed by atoms with E-state index < -0.39 is 0 Å². The van der Waals surface area contributed by atoms with Crippen molar-refractivity contribution < 1.29 is 4.79 Å². The average Bonchev–Trinajstić information content (AvgIpc) is 2.20. The lowest BCUT2D eigenvalue weighted by Crippen LogP contribution is -2.19. The molecule has 102 valence electrons. The molecule has 0 fully saturated rings. The lowest BCUT2D eigenvalue weighted by Gasteiger charge is -2.22. The van der Waals surface area contributed by atoms with Crippen LogP contribution in [-0.2, 0) is 4.79 Å². The van der Waals surface area contributed by atoms with Gasteiger partial charge in [0.25, 0.3) is 0 Å². The second-order valence-electron chi connectivity index (χ2n) is 5.85. The molecule has 17 heavy (non-hydrogen) atoms. The van der Waals surface area contributed by atoms with Crippen LogP contribution in [0.25, 0.3) is 0 Å². The molecule has 0 bridgehead atoms. The van der Waals surface area contributed by atoms with Gasteiger partial charge < -0.3 is 0 Å². The summed E-state index contributed by atoms with van der Waals surface area (Å²) in [5.74, 6) is 2.39. The van der Waals surface area contributed by atoms with Crippen molar-refractivity contribution in [3.05, 3.63) is 0 Å². The quantitative estimate of drug-likeness (QED) is 0.508. The Kier molecular flexibility index (Phi) is 9.03. The van der Waals surface area contributed by atoms with Gasteiger partial charge in [0.2, 0.25) is 0 Å². The Bertz CT molecular complexity index is 211. The van der Waals surface area contributed by atoms with E-state index >= 15 is 0 Å². The number of thioether (sulfide) groups is 1. The zero-order valence-corrected chi connectivity index (χ0v) is 13.2. The van der Waals surface area contributed by atoms with Gasteiger partial charge in [-0.1, -0.05) is 53.4 Å². The van der Waals surface area contributed by atoms with Crippen LogP contribution in [-0.4, -0.2) is 16.3 Å². The number of Topliss-reactive ketones (excluding diaryl/α,β-unsaturated/α-hetero) is 1. The molecule has 0 spiro atoms. The predicted octanol–water partition coefficient (Wildman–Crippen LogP) is 5.08. The molecule has 2 heteroatoms. The van der Waals surface area contributed by atoms with Gasteiger partial charge in [-0.05, 0) is 25.0 Å². The van der Waals surface area contributed by atoms with Gasteiger partial charge in [0.1, 0.15) is 5.78 Å². The number of unbranched alkanes of at least 4 members (excludes halogenated alkanes) is 2. The third-order valence-corrected chi connectivity index (χ3v) is 4.62. The summed E-state index contributed by atoms with van der Waals surface area (Å²) in [7, 11) is 0. The molecule has 0 rings (SSSR count). The van der Waals surface area contributed by atoms with Gasteiger partial charge in [0, 0.05) is 11.2 Å². The first kappa shape index (κ1) is 17.0. The lowest BCUT2D eigenvalue weighted by atomic mass is 10.0. The highest BCUT2D eigenvalue weighted by Gasteiger charge is 2.19. The van der Waals surface area contributed by atoms with E-state index in [0.717, 1.165) is 5.92 Å². The standard InChI is InChI=1S/C15H30OS/c1-6-13(2)10-8-7-9-11-17-15(4,5)12-14(3)16/h13H,6-12H2,1-5H3. The summed E-state index contributed by atoms with van der Waals surface area (Å²) in [6, 6.07) is 0. The maximum atomic E-state index is 11.1. The zero-order chi connectivity index (χ0) is 13.3. The summed E-state index contributed by atoms with van der Waals surface area (Å²) in [6.07, 6.45) is 7.38. The maximum Gasteiger partial charge on any atom is 0.131 e. The second-order valence-corrected chi connectivity index (χ2v) is 7.65. The van der Waals surface area contributed by atoms with Gasteiger partial charge >= 0.3 is 0 Å². The van der Waals surface area contributed by atoms with Gasteiger partial charge in [-0.3, -0.25) is 4.79 Å². The number of rotatable bonds is 10. The van der Waals surface area contributed by atoms with Crippen LogP contribution in [0.1, 0.15) is 73.1 Å². The Morgan fingerprint density at radius 2 is 1.88 bits per heavy atom. The number of ketones is 1. The third kappa shape index (κ3) is 10.9. The van der Waals surface area contributed by atoms with E-state index in [-0.39, 0.29) is 4.75 Å². The van der Waals surface area contributed by atoms with Crippen LogP contribution in [0.4, 0.5) is 0 Å². The summed E-state index contributed by atoms with van der Waals surface area (Å²) < 4.78 is 0.128. The van der Waals surface area contributed by atoms with E-state index in [1.165, 1.54) is 37.9 Å².